The van der Waals surface area contributed by atoms with Crippen LogP contribution in [0.5, 0.6) is 0 Å². The fourth-order valence-electron chi connectivity index (χ4n) is 3.13. The van der Waals surface area contributed by atoms with Crippen molar-refractivity contribution in [3.8, 4) is 0 Å². The Balaban J connectivity index is 1.50. The van der Waals surface area contributed by atoms with Gasteiger partial charge in [0.25, 0.3) is 0 Å². The first-order valence-electron chi connectivity index (χ1n) is 6.99. The molecule has 0 amide bonds. The first-order valence-corrected chi connectivity index (χ1v) is 6.99. The van der Waals surface area contributed by atoms with Gasteiger partial charge in [0, 0.05) is 18.8 Å². The minimum absolute atomic E-state index is 1.22. The summed E-state index contributed by atoms with van der Waals surface area (Å²) >= 11 is 0. The molecule has 1 fully saturated rings. The predicted octanol–water partition coefficient (Wildman–Crippen LogP) is 2.54. The van der Waals surface area contributed by atoms with Gasteiger partial charge in [-0.3, -0.25) is 0 Å². The second kappa shape index (κ2) is 5.09. The van der Waals surface area contributed by atoms with Crippen LogP contribution in [0.2, 0.25) is 0 Å². The zero-order valence-electron chi connectivity index (χ0n) is 10.6. The van der Waals surface area contributed by atoms with Gasteiger partial charge in [-0.25, -0.2) is 0 Å². The number of hydrogen-bond donors (Lipinski definition) is 0. The van der Waals surface area contributed by atoms with Crippen molar-refractivity contribution in [2.24, 2.45) is 0 Å². The summed E-state index contributed by atoms with van der Waals surface area (Å²) in [6.45, 7) is 6.40. The summed E-state index contributed by atoms with van der Waals surface area (Å²) in [6.07, 6.45) is 5.37. The Morgan fingerprint density at radius 1 is 0.941 bits per heavy atom. The Morgan fingerprint density at radius 3 is 2.65 bits per heavy atom. The summed E-state index contributed by atoms with van der Waals surface area (Å²) in [5, 5.41) is 0. The molecule has 0 saturated carbocycles. The van der Waals surface area contributed by atoms with E-state index in [4.69, 9.17) is 0 Å². The zero-order valence-corrected chi connectivity index (χ0v) is 10.6. The number of para-hydroxylation sites is 1. The van der Waals surface area contributed by atoms with E-state index in [1.807, 2.05) is 0 Å². The summed E-state index contributed by atoms with van der Waals surface area (Å²) in [5.74, 6) is 0. The average molecular weight is 230 g/mol. The third-order valence-corrected chi connectivity index (χ3v) is 4.08. The lowest BCUT2D eigenvalue weighted by Gasteiger charge is -2.21. The summed E-state index contributed by atoms with van der Waals surface area (Å²) in [6, 6.07) is 8.87. The first-order chi connectivity index (χ1) is 8.43. The third kappa shape index (κ3) is 2.47. The van der Waals surface area contributed by atoms with E-state index in [-0.39, 0.29) is 0 Å². The van der Waals surface area contributed by atoms with Crippen molar-refractivity contribution < 1.29 is 0 Å². The molecule has 2 aliphatic heterocycles. The van der Waals surface area contributed by atoms with Gasteiger partial charge in [-0.15, -0.1) is 0 Å². The van der Waals surface area contributed by atoms with E-state index in [9.17, 15) is 0 Å². The summed E-state index contributed by atoms with van der Waals surface area (Å²) < 4.78 is 0. The maximum Gasteiger partial charge on any atom is 0.0399 e. The molecule has 0 bridgehead atoms. The number of rotatable bonds is 4. The van der Waals surface area contributed by atoms with Gasteiger partial charge in [-0.05, 0) is 56.9 Å². The van der Waals surface area contributed by atoms with Crippen LogP contribution < -0.4 is 4.90 Å². The SMILES string of the molecule is c1ccc2c(c1)CCN2CCCN1CCCC1. The van der Waals surface area contributed by atoms with Crippen LogP contribution in [0.1, 0.15) is 24.8 Å². The fraction of sp³-hybridized carbons (Fsp3) is 0.600. The molecule has 0 N–H and O–H groups in total. The van der Waals surface area contributed by atoms with E-state index in [1.165, 1.54) is 69.7 Å². The average Bonchev–Trinajstić information content (AvgIpc) is 2.99. The lowest BCUT2D eigenvalue weighted by molar-refractivity contribution is 0.335. The standard InChI is InChI=1S/C15H22N2/c1-2-7-15-14(6-1)8-13-17(15)12-5-11-16-9-3-4-10-16/h1-2,6-7H,3-5,8-13H2. The van der Waals surface area contributed by atoms with Crippen molar-refractivity contribution in [1.29, 1.82) is 0 Å². The van der Waals surface area contributed by atoms with Crippen molar-refractivity contribution >= 4 is 5.69 Å². The second-order valence-corrected chi connectivity index (χ2v) is 5.27. The fourth-order valence-corrected chi connectivity index (χ4v) is 3.13. The second-order valence-electron chi connectivity index (χ2n) is 5.27. The van der Waals surface area contributed by atoms with Crippen molar-refractivity contribution in [3.05, 3.63) is 29.8 Å². The van der Waals surface area contributed by atoms with Crippen LogP contribution in [0.15, 0.2) is 24.3 Å². The normalized spacial score (nSPS) is 19.9. The van der Waals surface area contributed by atoms with Crippen LogP contribution in [-0.4, -0.2) is 37.6 Å². The van der Waals surface area contributed by atoms with Crippen molar-refractivity contribution in [2.75, 3.05) is 37.6 Å². The Bertz CT molecular complexity index is 369. The smallest absolute Gasteiger partial charge is 0.0399 e. The van der Waals surface area contributed by atoms with E-state index < -0.39 is 0 Å². The van der Waals surface area contributed by atoms with Gasteiger partial charge in [-0.1, -0.05) is 18.2 Å². The molecule has 3 rings (SSSR count). The van der Waals surface area contributed by atoms with Crippen LogP contribution in [-0.2, 0) is 6.42 Å². The Morgan fingerprint density at radius 2 is 1.76 bits per heavy atom. The minimum atomic E-state index is 1.22. The van der Waals surface area contributed by atoms with Crippen molar-refractivity contribution in [2.45, 2.75) is 25.7 Å². The van der Waals surface area contributed by atoms with Gasteiger partial charge >= 0.3 is 0 Å². The van der Waals surface area contributed by atoms with Crippen molar-refractivity contribution in [1.82, 2.24) is 4.90 Å². The molecule has 0 aliphatic carbocycles. The summed E-state index contributed by atoms with van der Waals surface area (Å²) in [7, 11) is 0. The lowest BCUT2D eigenvalue weighted by Crippen LogP contribution is -2.27. The molecule has 17 heavy (non-hydrogen) atoms. The molecule has 0 unspecified atom stereocenters. The molecule has 2 heteroatoms. The van der Waals surface area contributed by atoms with Gasteiger partial charge in [0.15, 0.2) is 0 Å². The molecule has 0 aromatic heterocycles. The number of hydrogen-bond acceptors (Lipinski definition) is 2. The van der Waals surface area contributed by atoms with Crippen LogP contribution in [0.3, 0.4) is 0 Å². The summed E-state index contributed by atoms with van der Waals surface area (Å²) in [4.78, 5) is 5.17. The first kappa shape index (κ1) is 11.1. The van der Waals surface area contributed by atoms with Gasteiger partial charge in [0.05, 0.1) is 0 Å². The Hall–Kier alpha value is -1.02. The topological polar surface area (TPSA) is 6.48 Å². The van der Waals surface area contributed by atoms with Crippen LogP contribution in [0, 0.1) is 0 Å². The molecule has 1 aromatic carbocycles. The van der Waals surface area contributed by atoms with E-state index in [1.54, 1.807) is 0 Å². The number of anilines is 1. The molecule has 1 saturated heterocycles. The van der Waals surface area contributed by atoms with Crippen LogP contribution in [0.4, 0.5) is 5.69 Å². The molecule has 92 valence electrons. The Labute approximate surface area is 104 Å². The number of nitrogens with zero attached hydrogens (tertiary/aromatic N) is 2. The number of fused-ring (bicyclic) bond motifs is 1. The van der Waals surface area contributed by atoms with Crippen LogP contribution >= 0.6 is 0 Å². The minimum Gasteiger partial charge on any atom is -0.371 e. The van der Waals surface area contributed by atoms with E-state index >= 15 is 0 Å². The molecule has 2 heterocycles. The molecule has 0 spiro atoms. The molecular formula is C15H22N2. The summed E-state index contributed by atoms with van der Waals surface area (Å²) in [5.41, 5.74) is 3.02. The van der Waals surface area contributed by atoms with Crippen molar-refractivity contribution in [3.63, 3.8) is 0 Å². The highest BCUT2D eigenvalue weighted by Gasteiger charge is 2.18. The highest BCUT2D eigenvalue weighted by atomic mass is 15.2. The highest BCUT2D eigenvalue weighted by molar-refractivity contribution is 5.57. The van der Waals surface area contributed by atoms with Gasteiger partial charge in [-0.2, -0.15) is 0 Å². The maximum absolute atomic E-state index is 2.61. The zero-order chi connectivity index (χ0) is 11.5. The number of benzene rings is 1. The largest absolute Gasteiger partial charge is 0.371 e. The molecule has 1 aromatic rings. The maximum atomic E-state index is 2.61. The third-order valence-electron chi connectivity index (χ3n) is 4.08. The van der Waals surface area contributed by atoms with Gasteiger partial charge in [0.2, 0.25) is 0 Å². The molecule has 0 radical (unpaired) electrons. The highest BCUT2D eigenvalue weighted by Crippen LogP contribution is 2.27. The molecular weight excluding hydrogens is 208 g/mol. The Kier molecular flexibility index (Phi) is 3.32. The van der Waals surface area contributed by atoms with E-state index in [0.29, 0.717) is 0 Å². The monoisotopic (exact) mass is 230 g/mol. The predicted molar refractivity (Wildman–Crippen MR) is 72.7 cm³/mol. The van der Waals surface area contributed by atoms with E-state index in [2.05, 4.69) is 34.1 Å². The molecule has 0 atom stereocenters. The molecule has 2 nitrogen and oxygen atoms in total. The number of likely N-dealkylation sites (tertiary alicyclic amines) is 1. The molecule has 2 aliphatic rings. The van der Waals surface area contributed by atoms with Crippen LogP contribution in [0.25, 0.3) is 0 Å². The quantitative estimate of drug-likeness (QED) is 0.784. The lowest BCUT2D eigenvalue weighted by atomic mass is 10.2. The van der Waals surface area contributed by atoms with Gasteiger partial charge in [0.1, 0.15) is 0 Å². The van der Waals surface area contributed by atoms with Gasteiger partial charge < -0.3 is 9.80 Å². The van der Waals surface area contributed by atoms with E-state index in [0.717, 1.165) is 0 Å².